The summed E-state index contributed by atoms with van der Waals surface area (Å²) < 4.78 is 5.00. The van der Waals surface area contributed by atoms with Crippen LogP contribution in [-0.2, 0) is 0 Å². The van der Waals surface area contributed by atoms with Gasteiger partial charge in [0.15, 0.2) is 17.8 Å². The Kier molecular flexibility index (Phi) is 3.64. The Balaban J connectivity index is 2.37. The molecule has 0 aliphatic carbocycles. The zero-order valence-electron chi connectivity index (χ0n) is 9.90. The first-order chi connectivity index (χ1) is 8.26. The lowest BCUT2D eigenvalue weighted by Crippen LogP contribution is -2.27. The van der Waals surface area contributed by atoms with Crippen molar-refractivity contribution >= 4 is 6.29 Å². The molecule has 1 aromatic carbocycles. The van der Waals surface area contributed by atoms with Gasteiger partial charge in [0.25, 0.3) is 0 Å². The van der Waals surface area contributed by atoms with E-state index in [1.54, 1.807) is 12.1 Å². The molecule has 0 radical (unpaired) electrons. The Labute approximate surface area is 101 Å². The maximum atomic E-state index is 11.1. The highest BCUT2D eigenvalue weighted by Gasteiger charge is 2.19. The number of aldehydes is 1. The van der Waals surface area contributed by atoms with Crippen molar-refractivity contribution in [3.05, 3.63) is 23.3 Å². The lowest BCUT2D eigenvalue weighted by Gasteiger charge is -2.25. The Morgan fingerprint density at radius 2 is 2.29 bits per heavy atom. The van der Waals surface area contributed by atoms with Crippen LogP contribution in [-0.4, -0.2) is 25.0 Å². The van der Waals surface area contributed by atoms with Gasteiger partial charge in [-0.05, 0) is 37.1 Å². The molecule has 1 aliphatic heterocycles. The molecule has 4 nitrogen and oxygen atoms in total. The topological polar surface area (TPSA) is 58.6 Å². The van der Waals surface area contributed by atoms with Crippen molar-refractivity contribution in [3.63, 3.8) is 0 Å². The second-order valence-electron chi connectivity index (χ2n) is 4.27. The summed E-state index contributed by atoms with van der Waals surface area (Å²) in [5, 5.41) is 13.1. The molecule has 1 heterocycles. The van der Waals surface area contributed by atoms with Gasteiger partial charge < -0.3 is 15.2 Å². The third-order valence-electron chi connectivity index (χ3n) is 3.20. The number of benzene rings is 1. The van der Waals surface area contributed by atoms with Crippen LogP contribution in [0.25, 0.3) is 0 Å². The number of phenols is 1. The maximum absolute atomic E-state index is 11.1. The zero-order chi connectivity index (χ0) is 12.3. The molecule has 0 amide bonds. The van der Waals surface area contributed by atoms with Gasteiger partial charge in [-0.1, -0.05) is 6.42 Å². The summed E-state index contributed by atoms with van der Waals surface area (Å²) in [5.74, 6) is 0.423. The third kappa shape index (κ3) is 2.42. The smallest absolute Gasteiger partial charge is 0.161 e. The molecular formula is C13H17NO3. The first-order valence-electron chi connectivity index (χ1n) is 5.85. The lowest BCUT2D eigenvalue weighted by atomic mass is 9.93. The molecule has 1 aromatic rings. The maximum Gasteiger partial charge on any atom is 0.161 e. The first-order valence-corrected chi connectivity index (χ1v) is 5.85. The minimum Gasteiger partial charge on any atom is -0.504 e. The van der Waals surface area contributed by atoms with Crippen molar-refractivity contribution in [2.24, 2.45) is 0 Å². The average molecular weight is 235 g/mol. The number of rotatable bonds is 3. The van der Waals surface area contributed by atoms with Gasteiger partial charge in [0, 0.05) is 11.6 Å². The fourth-order valence-corrected chi connectivity index (χ4v) is 2.28. The molecule has 0 spiro atoms. The van der Waals surface area contributed by atoms with Crippen molar-refractivity contribution < 1.29 is 14.6 Å². The standard InChI is InChI=1S/C13H17NO3/c1-17-13-6-9(8-15)10(7-12(13)16)11-4-2-3-5-14-11/h6-8,11,14,16H,2-5H2,1H3. The molecule has 1 aliphatic rings. The molecule has 0 bridgehead atoms. The number of hydrogen-bond acceptors (Lipinski definition) is 4. The van der Waals surface area contributed by atoms with E-state index in [1.807, 2.05) is 0 Å². The van der Waals surface area contributed by atoms with Gasteiger partial charge in [-0.3, -0.25) is 4.79 Å². The molecule has 17 heavy (non-hydrogen) atoms. The molecule has 2 rings (SSSR count). The highest BCUT2D eigenvalue weighted by Crippen LogP contribution is 2.34. The molecule has 0 saturated carbocycles. The van der Waals surface area contributed by atoms with Crippen LogP contribution >= 0.6 is 0 Å². The monoisotopic (exact) mass is 235 g/mol. The molecular weight excluding hydrogens is 218 g/mol. The Bertz CT molecular complexity index is 411. The van der Waals surface area contributed by atoms with Gasteiger partial charge in [0.2, 0.25) is 0 Å². The summed E-state index contributed by atoms with van der Waals surface area (Å²) >= 11 is 0. The largest absolute Gasteiger partial charge is 0.504 e. The summed E-state index contributed by atoms with van der Waals surface area (Å²) in [6.45, 7) is 0.954. The van der Waals surface area contributed by atoms with E-state index in [2.05, 4.69) is 5.32 Å². The average Bonchev–Trinajstić information content (AvgIpc) is 2.39. The van der Waals surface area contributed by atoms with Crippen LogP contribution in [0.4, 0.5) is 0 Å². The van der Waals surface area contributed by atoms with Crippen LogP contribution in [0, 0.1) is 0 Å². The second-order valence-corrected chi connectivity index (χ2v) is 4.27. The number of aromatic hydroxyl groups is 1. The molecule has 1 unspecified atom stereocenters. The van der Waals surface area contributed by atoms with Crippen LogP contribution in [0.3, 0.4) is 0 Å². The molecule has 1 saturated heterocycles. The SMILES string of the molecule is COc1cc(C=O)c(C2CCCCN2)cc1O. The van der Waals surface area contributed by atoms with Crippen LogP contribution in [0.15, 0.2) is 12.1 Å². The van der Waals surface area contributed by atoms with Crippen LogP contribution < -0.4 is 10.1 Å². The number of nitrogens with one attached hydrogen (secondary N) is 1. The van der Waals surface area contributed by atoms with Crippen molar-refractivity contribution in [2.45, 2.75) is 25.3 Å². The van der Waals surface area contributed by atoms with Crippen LogP contribution in [0.2, 0.25) is 0 Å². The highest BCUT2D eigenvalue weighted by molar-refractivity contribution is 5.79. The summed E-state index contributed by atoms with van der Waals surface area (Å²) in [7, 11) is 1.47. The van der Waals surface area contributed by atoms with E-state index in [1.165, 1.54) is 7.11 Å². The van der Waals surface area contributed by atoms with Gasteiger partial charge in [-0.2, -0.15) is 0 Å². The fraction of sp³-hybridized carbons (Fsp3) is 0.462. The third-order valence-corrected chi connectivity index (χ3v) is 3.20. The number of ether oxygens (including phenoxy) is 1. The van der Waals surface area contributed by atoms with E-state index in [0.29, 0.717) is 11.3 Å². The molecule has 0 aromatic heterocycles. The van der Waals surface area contributed by atoms with E-state index >= 15 is 0 Å². The summed E-state index contributed by atoms with van der Waals surface area (Å²) in [4.78, 5) is 11.1. The molecule has 4 heteroatoms. The summed E-state index contributed by atoms with van der Waals surface area (Å²) in [6.07, 6.45) is 4.11. The second kappa shape index (κ2) is 5.19. The van der Waals surface area contributed by atoms with E-state index < -0.39 is 0 Å². The van der Waals surface area contributed by atoms with E-state index in [4.69, 9.17) is 4.74 Å². The first kappa shape index (κ1) is 11.9. The van der Waals surface area contributed by atoms with E-state index in [-0.39, 0.29) is 11.8 Å². The number of carbonyl (C=O) groups excluding carboxylic acids is 1. The minimum atomic E-state index is 0.0838. The summed E-state index contributed by atoms with van der Waals surface area (Å²) in [6, 6.07) is 3.38. The predicted molar refractivity (Wildman–Crippen MR) is 64.6 cm³/mol. The number of phenolic OH excluding ortho intramolecular Hbond substituents is 1. The number of hydrogen-bond donors (Lipinski definition) is 2. The molecule has 1 atom stereocenters. The zero-order valence-corrected chi connectivity index (χ0v) is 9.90. The Hall–Kier alpha value is -1.55. The molecule has 92 valence electrons. The van der Waals surface area contributed by atoms with Crippen LogP contribution in [0.5, 0.6) is 11.5 Å². The van der Waals surface area contributed by atoms with Gasteiger partial charge in [0.1, 0.15) is 0 Å². The highest BCUT2D eigenvalue weighted by atomic mass is 16.5. The summed E-state index contributed by atoms with van der Waals surface area (Å²) in [5.41, 5.74) is 1.44. The molecule has 1 fully saturated rings. The number of carbonyl (C=O) groups is 1. The van der Waals surface area contributed by atoms with Crippen molar-refractivity contribution in [1.82, 2.24) is 5.32 Å². The normalized spacial score (nSPS) is 19.9. The van der Waals surface area contributed by atoms with E-state index in [0.717, 1.165) is 37.7 Å². The van der Waals surface area contributed by atoms with Crippen molar-refractivity contribution in [1.29, 1.82) is 0 Å². The quantitative estimate of drug-likeness (QED) is 0.787. The predicted octanol–water partition coefficient (Wildman–Crippen LogP) is 2.03. The number of methoxy groups -OCH3 is 1. The van der Waals surface area contributed by atoms with E-state index in [9.17, 15) is 9.90 Å². The lowest BCUT2D eigenvalue weighted by molar-refractivity contribution is 0.112. The Morgan fingerprint density at radius 3 is 2.88 bits per heavy atom. The number of piperidine rings is 1. The molecule has 2 N–H and O–H groups in total. The van der Waals surface area contributed by atoms with Gasteiger partial charge in [0.05, 0.1) is 7.11 Å². The van der Waals surface area contributed by atoms with Crippen molar-refractivity contribution in [3.8, 4) is 11.5 Å². The Morgan fingerprint density at radius 1 is 1.47 bits per heavy atom. The minimum absolute atomic E-state index is 0.0838. The van der Waals surface area contributed by atoms with Crippen molar-refractivity contribution in [2.75, 3.05) is 13.7 Å². The fourth-order valence-electron chi connectivity index (χ4n) is 2.28. The van der Waals surface area contributed by atoms with Gasteiger partial charge >= 0.3 is 0 Å². The van der Waals surface area contributed by atoms with Crippen LogP contribution in [0.1, 0.15) is 41.2 Å². The van der Waals surface area contributed by atoms with Gasteiger partial charge in [-0.25, -0.2) is 0 Å². The van der Waals surface area contributed by atoms with Gasteiger partial charge in [-0.15, -0.1) is 0 Å².